The van der Waals surface area contributed by atoms with E-state index in [1.165, 1.54) is 0 Å². The first kappa shape index (κ1) is 24.1. The first-order valence-electron chi connectivity index (χ1n) is 9.39. The van der Waals surface area contributed by atoms with Gasteiger partial charge in [0.15, 0.2) is 0 Å². The average molecular weight is 462 g/mol. The van der Waals surface area contributed by atoms with Crippen LogP contribution in [0.1, 0.15) is 31.9 Å². The van der Waals surface area contributed by atoms with Crippen LogP contribution in [0, 0.1) is 5.92 Å². The van der Waals surface area contributed by atoms with Crippen molar-refractivity contribution in [2.45, 2.75) is 32.3 Å². The lowest BCUT2D eigenvalue weighted by Gasteiger charge is -2.27. The number of ether oxygens (including phenoxy) is 2. The van der Waals surface area contributed by atoms with Gasteiger partial charge in [0.1, 0.15) is 24.2 Å². The molecule has 0 saturated heterocycles. The topological polar surface area (TPSA) is 58.9 Å². The second kappa shape index (κ2) is 10.7. The van der Waals surface area contributed by atoms with Gasteiger partial charge in [-0.15, -0.1) is 11.6 Å². The van der Waals surface area contributed by atoms with Crippen molar-refractivity contribution in [1.29, 1.82) is 0 Å². The summed E-state index contributed by atoms with van der Waals surface area (Å²) >= 11 is 18.6. The van der Waals surface area contributed by atoms with E-state index < -0.39 is 6.10 Å². The maximum atomic E-state index is 9.43. The summed E-state index contributed by atoms with van der Waals surface area (Å²) in [5.41, 5.74) is 1.64. The molecule has 0 aliphatic carbocycles. The molecule has 0 aromatic heterocycles. The Hall–Kier alpha value is -1.17. The molecule has 0 unspecified atom stereocenters. The molecule has 0 spiro atoms. The first-order chi connectivity index (χ1) is 13.7. The monoisotopic (exact) mass is 460 g/mol. The van der Waals surface area contributed by atoms with E-state index in [4.69, 9.17) is 49.4 Å². The quantitative estimate of drug-likeness (QED) is 0.471. The summed E-state index contributed by atoms with van der Waals surface area (Å²) in [6.45, 7) is 6.29. The zero-order chi connectivity index (χ0) is 21.6. The van der Waals surface area contributed by atoms with E-state index in [0.717, 1.165) is 11.1 Å². The summed E-state index contributed by atoms with van der Waals surface area (Å²) in [5.74, 6) is 1.86. The predicted molar refractivity (Wildman–Crippen MR) is 119 cm³/mol. The first-order valence-corrected chi connectivity index (χ1v) is 10.7. The minimum Gasteiger partial charge on any atom is -0.492 e. The van der Waals surface area contributed by atoms with Gasteiger partial charge in [-0.05, 0) is 35.4 Å². The van der Waals surface area contributed by atoms with Gasteiger partial charge in [-0.3, -0.25) is 0 Å². The number of hydrogen-bond donors (Lipinski definition) is 2. The number of aliphatic hydroxyl groups is 2. The van der Waals surface area contributed by atoms with Crippen molar-refractivity contribution in [1.82, 2.24) is 0 Å². The van der Waals surface area contributed by atoms with Crippen LogP contribution in [-0.2, 0) is 5.41 Å². The van der Waals surface area contributed by atoms with Gasteiger partial charge in [-0.2, -0.15) is 0 Å². The van der Waals surface area contributed by atoms with Gasteiger partial charge in [0, 0.05) is 17.2 Å². The molecule has 0 amide bonds. The van der Waals surface area contributed by atoms with Gasteiger partial charge in [-0.1, -0.05) is 56.1 Å². The number of halogens is 3. The van der Waals surface area contributed by atoms with Crippen molar-refractivity contribution in [2.24, 2.45) is 5.92 Å². The van der Waals surface area contributed by atoms with Crippen LogP contribution >= 0.6 is 34.8 Å². The summed E-state index contributed by atoms with van der Waals surface area (Å²) in [5, 5.41) is 19.3. The summed E-state index contributed by atoms with van der Waals surface area (Å²) in [7, 11) is 0. The minimum atomic E-state index is -0.947. The molecule has 7 heteroatoms. The Morgan fingerprint density at radius 2 is 1.41 bits per heavy atom. The Morgan fingerprint density at radius 3 is 1.83 bits per heavy atom. The molecule has 2 atom stereocenters. The third kappa shape index (κ3) is 6.40. The molecular weight excluding hydrogens is 435 g/mol. The molecule has 29 heavy (non-hydrogen) atoms. The van der Waals surface area contributed by atoms with E-state index in [1.54, 1.807) is 6.07 Å². The maximum Gasteiger partial charge on any atom is 0.138 e. The molecule has 160 valence electrons. The number of aliphatic hydroxyl groups excluding tert-OH is 2. The Balaban J connectivity index is 2.19. The molecular formula is C22H27Cl3O4. The maximum absolute atomic E-state index is 9.43. The largest absolute Gasteiger partial charge is 0.492 e. The Morgan fingerprint density at radius 1 is 0.931 bits per heavy atom. The standard InChI is InChI=1S/C22H27Cl3O4/c1-14(10-23)12-28-20-6-4-15(8-18(20)24)22(2,3)16-5-7-21(19(25)9-16)29-13-17(27)11-26/h4-9,14,17,26-27H,10-13H2,1-3H3/t14-,17+/m1/s1. The molecule has 0 heterocycles. The van der Waals surface area contributed by atoms with Gasteiger partial charge in [0.2, 0.25) is 0 Å². The fourth-order valence-electron chi connectivity index (χ4n) is 2.70. The molecule has 4 nitrogen and oxygen atoms in total. The fourth-order valence-corrected chi connectivity index (χ4v) is 3.25. The van der Waals surface area contributed by atoms with Crippen LogP contribution in [0.2, 0.25) is 10.0 Å². The molecule has 2 rings (SSSR count). The van der Waals surface area contributed by atoms with Crippen LogP contribution in [0.5, 0.6) is 11.5 Å². The highest BCUT2D eigenvalue weighted by Gasteiger charge is 2.25. The van der Waals surface area contributed by atoms with Gasteiger partial charge in [0.05, 0.1) is 23.3 Å². The van der Waals surface area contributed by atoms with E-state index in [1.807, 2.05) is 37.3 Å². The third-order valence-corrected chi connectivity index (χ3v) is 5.85. The second-order valence-corrected chi connectivity index (χ2v) is 8.76. The van der Waals surface area contributed by atoms with Gasteiger partial charge in [0.25, 0.3) is 0 Å². The molecule has 0 radical (unpaired) electrons. The van der Waals surface area contributed by atoms with E-state index in [9.17, 15) is 5.11 Å². The number of hydrogen-bond acceptors (Lipinski definition) is 4. The van der Waals surface area contributed by atoms with Crippen molar-refractivity contribution in [2.75, 3.05) is 25.7 Å². The van der Waals surface area contributed by atoms with Gasteiger partial charge in [-0.25, -0.2) is 0 Å². The number of rotatable bonds is 10. The second-order valence-electron chi connectivity index (χ2n) is 7.63. The lowest BCUT2D eigenvalue weighted by atomic mass is 9.78. The third-order valence-electron chi connectivity index (χ3n) is 4.74. The van der Waals surface area contributed by atoms with E-state index in [0.29, 0.717) is 34.0 Å². The Kier molecular flexibility index (Phi) is 8.92. The predicted octanol–water partition coefficient (Wildman–Crippen LogP) is 5.31. The highest BCUT2D eigenvalue weighted by molar-refractivity contribution is 6.32. The van der Waals surface area contributed by atoms with Crippen molar-refractivity contribution in [3.8, 4) is 11.5 Å². The molecule has 2 aromatic carbocycles. The van der Waals surface area contributed by atoms with Crippen molar-refractivity contribution >= 4 is 34.8 Å². The molecule has 2 N–H and O–H groups in total. The van der Waals surface area contributed by atoms with E-state index in [2.05, 4.69) is 13.8 Å². The Labute approximate surface area is 187 Å². The molecule has 2 aromatic rings. The van der Waals surface area contributed by atoms with Gasteiger partial charge >= 0.3 is 0 Å². The average Bonchev–Trinajstić information content (AvgIpc) is 2.71. The zero-order valence-corrected chi connectivity index (χ0v) is 19.1. The number of alkyl halides is 1. The van der Waals surface area contributed by atoms with Crippen molar-refractivity contribution in [3.05, 3.63) is 57.6 Å². The smallest absolute Gasteiger partial charge is 0.138 e. The zero-order valence-electron chi connectivity index (χ0n) is 16.8. The SMILES string of the molecule is C[C@H](CCl)COc1ccc(C(C)(C)c2ccc(OC[C@@H](O)CO)c(Cl)c2)cc1Cl. The van der Waals surface area contributed by atoms with Crippen molar-refractivity contribution in [3.63, 3.8) is 0 Å². The lowest BCUT2D eigenvalue weighted by molar-refractivity contribution is 0.0536. The van der Waals surface area contributed by atoms with Crippen LogP contribution < -0.4 is 9.47 Å². The molecule has 0 bridgehead atoms. The minimum absolute atomic E-state index is 0.0294. The molecule has 0 saturated carbocycles. The summed E-state index contributed by atoms with van der Waals surface area (Å²) < 4.78 is 11.2. The van der Waals surface area contributed by atoms with Crippen LogP contribution in [0.15, 0.2) is 36.4 Å². The normalized spacial score (nSPS) is 13.8. The summed E-state index contributed by atoms with van der Waals surface area (Å²) in [4.78, 5) is 0. The van der Waals surface area contributed by atoms with Crippen LogP contribution in [0.25, 0.3) is 0 Å². The van der Waals surface area contributed by atoms with E-state index in [-0.39, 0.29) is 24.5 Å². The highest BCUT2D eigenvalue weighted by atomic mass is 35.5. The molecule has 0 aliphatic rings. The van der Waals surface area contributed by atoms with Crippen LogP contribution in [0.3, 0.4) is 0 Å². The highest BCUT2D eigenvalue weighted by Crippen LogP contribution is 2.38. The van der Waals surface area contributed by atoms with E-state index >= 15 is 0 Å². The van der Waals surface area contributed by atoms with Gasteiger partial charge < -0.3 is 19.7 Å². The number of benzene rings is 2. The molecule has 0 aliphatic heterocycles. The molecule has 0 fully saturated rings. The summed E-state index contributed by atoms with van der Waals surface area (Å²) in [6, 6.07) is 11.3. The Bertz CT molecular complexity index is 745. The lowest BCUT2D eigenvalue weighted by Crippen LogP contribution is -2.22. The van der Waals surface area contributed by atoms with Crippen molar-refractivity contribution < 1.29 is 19.7 Å². The van der Waals surface area contributed by atoms with Crippen LogP contribution in [-0.4, -0.2) is 42.0 Å². The van der Waals surface area contributed by atoms with Crippen LogP contribution in [0.4, 0.5) is 0 Å². The fraction of sp³-hybridized carbons (Fsp3) is 0.455. The summed E-state index contributed by atoms with van der Waals surface area (Å²) in [6.07, 6.45) is -0.947.